The van der Waals surface area contributed by atoms with Crippen LogP contribution in [0.4, 0.5) is 25.2 Å². The maximum atomic E-state index is 9.87. The van der Waals surface area contributed by atoms with Crippen LogP contribution in [0.2, 0.25) is 0 Å². The van der Waals surface area contributed by atoms with Crippen molar-refractivity contribution in [1.82, 2.24) is 0 Å². The summed E-state index contributed by atoms with van der Waals surface area (Å²) in [5, 5.41) is 0. The first-order chi connectivity index (χ1) is 31.3. The summed E-state index contributed by atoms with van der Waals surface area (Å²) in [4.78, 5) is 0. The second kappa shape index (κ2) is 19.8. The quantitative estimate of drug-likeness (QED) is 0.0616. The molecule has 8 heteroatoms. The van der Waals surface area contributed by atoms with Crippen LogP contribution >= 0.6 is 7.81 Å². The third-order valence-electron chi connectivity index (χ3n) is 10.9. The van der Waals surface area contributed by atoms with Crippen LogP contribution in [-0.2, 0) is 17.1 Å². The van der Waals surface area contributed by atoms with Crippen molar-refractivity contribution in [2.24, 2.45) is 0 Å². The normalized spacial score (nSPS) is 16.5. The van der Waals surface area contributed by atoms with Gasteiger partial charge in [-0.1, -0.05) is 241 Å². The van der Waals surface area contributed by atoms with Gasteiger partial charge < -0.3 is 0 Å². The van der Waals surface area contributed by atoms with Crippen LogP contribution in [0.1, 0.15) is 56.3 Å². The molecule has 327 valence electrons. The Morgan fingerprint density at radius 3 is 0.712 bits per heavy atom. The molecule has 0 nitrogen and oxygen atoms in total. The third kappa shape index (κ3) is 12.3. The zero-order chi connectivity index (χ0) is 45.3. The summed E-state index contributed by atoms with van der Waals surface area (Å²) < 4.78 is 59.2. The topological polar surface area (TPSA) is 0 Å². The molecule has 0 spiro atoms. The summed E-state index contributed by atoms with van der Waals surface area (Å²) >= 11 is 0. The van der Waals surface area contributed by atoms with E-state index in [9.17, 15) is 25.2 Å². The number of hydrogen-bond acceptors (Lipinski definition) is 0. The fraction of sp³-hybridized carbons (Fsp3) is 0.0345. The van der Waals surface area contributed by atoms with Crippen LogP contribution in [0.3, 0.4) is 0 Å². The molecular formula is C58H42F6FeP+2. The maximum absolute atomic E-state index is 10.7. The minimum atomic E-state index is -10.7. The fourth-order valence-corrected chi connectivity index (χ4v) is 8.26. The summed E-state index contributed by atoms with van der Waals surface area (Å²) in [6, 6.07) is 85.6. The Bertz CT molecular complexity index is 2760. The molecule has 0 amide bonds. The Labute approximate surface area is 392 Å². The smallest absolute Gasteiger partial charge is 0.188 e. The van der Waals surface area contributed by atoms with Crippen molar-refractivity contribution in [3.8, 4) is 0 Å². The van der Waals surface area contributed by atoms with Crippen molar-refractivity contribution in [2.45, 2.75) is 11.8 Å². The molecule has 66 heavy (non-hydrogen) atoms. The Morgan fingerprint density at radius 2 is 0.470 bits per heavy atom. The van der Waals surface area contributed by atoms with E-state index in [0.717, 1.165) is 0 Å². The van der Waals surface area contributed by atoms with Gasteiger partial charge in [-0.25, -0.2) is 0 Å². The summed E-state index contributed by atoms with van der Waals surface area (Å²) in [5.74, 6) is 0.202. The zero-order valence-electron chi connectivity index (χ0n) is 35.3. The van der Waals surface area contributed by atoms with E-state index in [4.69, 9.17) is 0 Å². The molecule has 0 fully saturated rings. The van der Waals surface area contributed by atoms with Crippen molar-refractivity contribution in [3.63, 3.8) is 0 Å². The average molecular weight is 940 g/mol. The molecule has 0 aromatic heterocycles. The minimum Gasteiger partial charge on any atom is -0.188 e. The van der Waals surface area contributed by atoms with Crippen molar-refractivity contribution < 1.29 is 42.3 Å². The summed E-state index contributed by atoms with van der Waals surface area (Å²) in [7, 11) is -10.7. The van der Waals surface area contributed by atoms with E-state index < -0.39 is 7.81 Å². The van der Waals surface area contributed by atoms with Gasteiger partial charge in [0.1, 0.15) is 0 Å². The molecule has 0 N–H and O–H groups in total. The second-order valence-electron chi connectivity index (χ2n) is 15.5. The number of rotatable bonds is 8. The average Bonchev–Trinajstić information content (AvgIpc) is 3.94. The van der Waals surface area contributed by atoms with Crippen molar-refractivity contribution in [1.29, 1.82) is 0 Å². The van der Waals surface area contributed by atoms with E-state index in [0.29, 0.717) is 0 Å². The minimum absolute atomic E-state index is 0. The van der Waals surface area contributed by atoms with Gasteiger partial charge in [0.05, 0.1) is 0 Å². The van der Waals surface area contributed by atoms with Gasteiger partial charge in [-0.15, -0.1) is 46.5 Å². The number of halogens is 6. The maximum Gasteiger partial charge on any atom is 5.00 e. The molecule has 1 radical (unpaired) electrons. The van der Waals surface area contributed by atoms with Gasteiger partial charge in [-0.05, 0) is 34.1 Å². The monoisotopic (exact) mass is 939 g/mol. The molecular weight excluding hydrogens is 897 g/mol. The first-order valence-electron chi connectivity index (χ1n) is 21.0. The van der Waals surface area contributed by atoms with E-state index in [-0.39, 0.29) is 28.9 Å². The van der Waals surface area contributed by atoms with Gasteiger partial charge in [0.15, 0.2) is 0 Å². The van der Waals surface area contributed by atoms with Crippen molar-refractivity contribution >= 4 is 41.2 Å². The van der Waals surface area contributed by atoms with E-state index in [1.54, 1.807) is 0 Å². The van der Waals surface area contributed by atoms with Crippen molar-refractivity contribution in [3.05, 3.63) is 299 Å². The molecule has 0 bridgehead atoms. The molecule has 0 heterocycles. The Kier molecular flexibility index (Phi) is 14.1. The molecule has 2 aliphatic rings. The van der Waals surface area contributed by atoms with Crippen LogP contribution in [-0.4, -0.2) is 0 Å². The predicted octanol–water partition coefficient (Wildman–Crippen LogP) is 17.9. The largest absolute Gasteiger partial charge is 5.00 e. The predicted molar refractivity (Wildman–Crippen MR) is 258 cm³/mol. The summed E-state index contributed by atoms with van der Waals surface area (Å²) in [5.41, 5.74) is 17.5. The Balaban J connectivity index is 0.000000170. The zero-order valence-corrected chi connectivity index (χ0v) is 37.3. The fourth-order valence-electron chi connectivity index (χ4n) is 8.26. The van der Waals surface area contributed by atoms with E-state index in [1.807, 2.05) is 0 Å². The Hall–Kier alpha value is -6.75. The van der Waals surface area contributed by atoms with Gasteiger partial charge in [0.2, 0.25) is 0 Å². The van der Waals surface area contributed by atoms with Crippen molar-refractivity contribution in [2.75, 3.05) is 0 Å². The molecule has 8 aromatic carbocycles. The number of hydrogen-bond donors (Lipinski definition) is 0. The van der Waals surface area contributed by atoms with Crippen LogP contribution in [0.15, 0.2) is 243 Å². The summed E-state index contributed by atoms with van der Waals surface area (Å²) in [6.45, 7) is 0. The van der Waals surface area contributed by atoms with Gasteiger partial charge >= 0.3 is 50.1 Å². The second-order valence-corrected chi connectivity index (χ2v) is 17.4. The first-order valence-corrected chi connectivity index (χ1v) is 23.1. The van der Waals surface area contributed by atoms with Crippen LogP contribution in [0.25, 0.3) is 33.4 Å². The van der Waals surface area contributed by atoms with Gasteiger partial charge in [-0.3, -0.25) is 0 Å². The van der Waals surface area contributed by atoms with Gasteiger partial charge in [-0.2, -0.15) is 23.3 Å². The standard InChI is InChI=1S/2C29H21.F6P.Fe/c2*1-5-13-22(14-6-1)26-21-27(23-15-7-2-8-16-23)29(25-19-11-4-12-20-25)28(26)24-17-9-3-10-18-24;1-7(2,3,4,5)6;/h2*1-20,26H;;/q3*-1;+5. The molecule has 8 aromatic rings. The SMILES string of the molecule is F[P-](F)(F)(F)(F)F.[C-]1=C(c2ccccc2)C(c2ccccc2)=C(c2ccccc2)C1c1ccccc1.[C-]1=C(c2ccccc2)C(c2ccccc2)=C(c2ccccc2)C1c1ccccc1.[Fe+5]. The molecule has 0 aliphatic heterocycles. The van der Waals surface area contributed by atoms with E-state index >= 15 is 0 Å². The molecule has 10 rings (SSSR count). The van der Waals surface area contributed by atoms with E-state index in [2.05, 4.69) is 255 Å². The van der Waals surface area contributed by atoms with E-state index in [1.165, 1.54) is 77.9 Å². The molecule has 2 atom stereocenters. The van der Waals surface area contributed by atoms with Crippen LogP contribution < -0.4 is 0 Å². The number of benzene rings is 8. The third-order valence-corrected chi connectivity index (χ3v) is 10.9. The van der Waals surface area contributed by atoms with Gasteiger partial charge in [0, 0.05) is 0 Å². The molecule has 2 aliphatic carbocycles. The summed E-state index contributed by atoms with van der Waals surface area (Å²) in [6.07, 6.45) is 7.73. The molecule has 0 saturated heterocycles. The molecule has 0 saturated carbocycles. The van der Waals surface area contributed by atoms with Crippen LogP contribution in [0, 0.1) is 12.2 Å². The van der Waals surface area contributed by atoms with Gasteiger partial charge in [0.25, 0.3) is 0 Å². The Morgan fingerprint density at radius 1 is 0.273 bits per heavy atom. The first kappa shape index (κ1) is 47.2. The number of allylic oxidation sites excluding steroid dienone is 8. The van der Waals surface area contributed by atoms with Crippen LogP contribution in [0.5, 0.6) is 0 Å². The molecule has 2 unspecified atom stereocenters.